The van der Waals surface area contributed by atoms with Crippen molar-refractivity contribution in [2.24, 2.45) is 0 Å². The fraction of sp³-hybridized carbons (Fsp3) is 1.00. The summed E-state index contributed by atoms with van der Waals surface area (Å²) in [6, 6.07) is 0. The largest absolute Gasteiger partial charge is 0.333 e. The van der Waals surface area contributed by atoms with Gasteiger partial charge in [0.1, 0.15) is 0 Å². The third-order valence-electron chi connectivity index (χ3n) is 0.327. The van der Waals surface area contributed by atoms with Crippen molar-refractivity contribution in [1.82, 2.24) is 4.72 Å². The number of nitrogens with one attached hydrogen (secondary N) is 1. The van der Waals surface area contributed by atoms with Crippen molar-refractivity contribution in [3.8, 4) is 0 Å². The van der Waals surface area contributed by atoms with Gasteiger partial charge < -0.3 is 0 Å². The lowest BCUT2D eigenvalue weighted by Gasteiger charge is -1.90. The van der Waals surface area contributed by atoms with Crippen LogP contribution < -0.4 is 4.72 Å². The number of hydrogen-bond acceptors (Lipinski definition) is 2. The summed E-state index contributed by atoms with van der Waals surface area (Å²) < 4.78 is 29.0. The Morgan fingerprint density at radius 2 is 2.00 bits per heavy atom. The van der Waals surface area contributed by atoms with Crippen LogP contribution in [0.4, 0.5) is 0 Å². The number of rotatable bonds is 2. The van der Waals surface area contributed by atoms with Crippen LogP contribution in [-0.4, -0.2) is 19.5 Å². The summed E-state index contributed by atoms with van der Waals surface area (Å²) in [5, 5.41) is 0. The summed E-state index contributed by atoms with van der Waals surface area (Å²) in [5.41, 5.74) is 0. The van der Waals surface area contributed by atoms with Gasteiger partial charge in [-0.1, -0.05) is 6.92 Å². The first-order valence-corrected chi connectivity index (χ1v) is 3.22. The Bertz CT molecular complexity index is 130. The molecule has 52 valence electrons. The summed E-state index contributed by atoms with van der Waals surface area (Å²) in [7, 11) is -3.92. The maximum atomic E-state index is 9.68. The highest BCUT2D eigenvalue weighted by Crippen LogP contribution is 1.66. The third-order valence-corrected chi connectivity index (χ3v) is 0.980. The van der Waals surface area contributed by atoms with E-state index in [1.165, 1.54) is 0 Å². The van der Waals surface area contributed by atoms with Crippen LogP contribution in [0.2, 0.25) is 0 Å². The Kier molecular flexibility index (Phi) is 5.62. The minimum absolute atomic E-state index is 0. The average Bonchev–Trinajstić information content (AvgIpc) is 1.30. The Morgan fingerprint density at radius 1 is 1.62 bits per heavy atom. The third kappa shape index (κ3) is 9.48. The second-order valence-corrected chi connectivity index (χ2v) is 2.21. The topological polar surface area (TPSA) is 66.4 Å². The first-order valence-electron chi connectivity index (χ1n) is 1.78. The monoisotopic (exact) mass is 161 g/mol. The predicted molar refractivity (Wildman–Crippen MR) is 32.5 cm³/mol. The molecule has 0 bridgehead atoms. The summed E-state index contributed by atoms with van der Waals surface area (Å²) in [4.78, 5) is 0. The molecule has 0 aliphatic rings. The second-order valence-electron chi connectivity index (χ2n) is 0.973. The molecule has 0 amide bonds. The van der Waals surface area contributed by atoms with Crippen LogP contribution in [0.15, 0.2) is 0 Å². The van der Waals surface area contributed by atoms with Gasteiger partial charge in [-0.3, -0.25) is 4.55 Å². The molecule has 0 heterocycles. The smallest absolute Gasteiger partial charge is 0.273 e. The van der Waals surface area contributed by atoms with Crippen molar-refractivity contribution in [2.45, 2.75) is 6.92 Å². The van der Waals surface area contributed by atoms with Crippen LogP contribution in [0.5, 0.6) is 0 Å². The van der Waals surface area contributed by atoms with E-state index in [0.717, 1.165) is 0 Å². The van der Waals surface area contributed by atoms with Crippen LogP contribution in [0.25, 0.3) is 0 Å². The van der Waals surface area contributed by atoms with Crippen molar-refractivity contribution < 1.29 is 13.0 Å². The van der Waals surface area contributed by atoms with Crippen LogP contribution >= 0.6 is 12.4 Å². The molecule has 0 spiro atoms. The molecule has 0 unspecified atom stereocenters. The lowest BCUT2D eigenvalue weighted by Crippen LogP contribution is -2.21. The molecule has 4 nitrogen and oxygen atoms in total. The van der Waals surface area contributed by atoms with Gasteiger partial charge in [0.05, 0.1) is 0 Å². The molecule has 0 aromatic rings. The highest BCUT2D eigenvalue weighted by molar-refractivity contribution is 7.83. The van der Waals surface area contributed by atoms with Crippen molar-refractivity contribution in [2.75, 3.05) is 6.54 Å². The minimum Gasteiger partial charge on any atom is -0.273 e. The molecule has 2 N–H and O–H groups in total. The van der Waals surface area contributed by atoms with Gasteiger partial charge in [0.2, 0.25) is 0 Å². The Morgan fingerprint density at radius 3 is 2.00 bits per heavy atom. The van der Waals surface area contributed by atoms with Crippen molar-refractivity contribution in [1.29, 1.82) is 0 Å². The van der Waals surface area contributed by atoms with Gasteiger partial charge in [-0.05, 0) is 0 Å². The molecule has 0 saturated carbocycles. The standard InChI is InChI=1S/C2H7NO3S.ClH/c1-2-3-7(4,5)6;/h3H,2H2,1H3,(H,4,5,6);1H. The van der Waals surface area contributed by atoms with Crippen molar-refractivity contribution in [3.63, 3.8) is 0 Å². The highest BCUT2D eigenvalue weighted by atomic mass is 35.5. The zero-order chi connectivity index (χ0) is 5.91. The van der Waals surface area contributed by atoms with Gasteiger partial charge in [-0.15, -0.1) is 12.4 Å². The lowest BCUT2D eigenvalue weighted by molar-refractivity contribution is 0.469. The highest BCUT2D eigenvalue weighted by Gasteiger charge is 1.95. The molecule has 0 aliphatic carbocycles. The van der Waals surface area contributed by atoms with Crippen LogP contribution in [0.1, 0.15) is 6.92 Å². The van der Waals surface area contributed by atoms with Gasteiger partial charge in [0, 0.05) is 6.54 Å². The van der Waals surface area contributed by atoms with E-state index < -0.39 is 10.3 Å². The average molecular weight is 162 g/mol. The normalized spacial score (nSPS) is 10.2. The van der Waals surface area contributed by atoms with Gasteiger partial charge in [-0.2, -0.15) is 13.1 Å². The summed E-state index contributed by atoms with van der Waals surface area (Å²) in [6.45, 7) is 1.80. The van der Waals surface area contributed by atoms with E-state index in [4.69, 9.17) is 4.55 Å². The fourth-order valence-corrected chi connectivity index (χ4v) is 0.547. The van der Waals surface area contributed by atoms with Crippen molar-refractivity contribution >= 4 is 22.7 Å². The molecule has 0 atom stereocenters. The molecular formula is C2H8ClNO3S. The molecular weight excluding hydrogens is 154 g/mol. The first-order chi connectivity index (χ1) is 3.06. The molecule has 0 fully saturated rings. The van der Waals surface area contributed by atoms with Gasteiger partial charge in [0.25, 0.3) is 0 Å². The quantitative estimate of drug-likeness (QED) is 0.553. The molecule has 0 saturated heterocycles. The van der Waals surface area contributed by atoms with Crippen LogP contribution in [-0.2, 0) is 10.3 Å². The molecule has 0 rings (SSSR count). The fourth-order valence-electron chi connectivity index (χ4n) is 0.182. The lowest BCUT2D eigenvalue weighted by atomic mass is 10.8. The summed E-state index contributed by atoms with van der Waals surface area (Å²) in [5.74, 6) is 0. The van der Waals surface area contributed by atoms with Gasteiger partial charge in [0.15, 0.2) is 0 Å². The van der Waals surface area contributed by atoms with E-state index in [1.807, 2.05) is 4.72 Å². The van der Waals surface area contributed by atoms with E-state index in [9.17, 15) is 8.42 Å². The zero-order valence-corrected chi connectivity index (χ0v) is 5.92. The van der Waals surface area contributed by atoms with Gasteiger partial charge >= 0.3 is 10.3 Å². The van der Waals surface area contributed by atoms with Gasteiger partial charge in [-0.25, -0.2) is 0 Å². The van der Waals surface area contributed by atoms with Crippen molar-refractivity contribution in [3.05, 3.63) is 0 Å². The first kappa shape index (κ1) is 11.0. The maximum absolute atomic E-state index is 9.68. The Hall–Kier alpha value is 0.160. The van der Waals surface area contributed by atoms with E-state index >= 15 is 0 Å². The summed E-state index contributed by atoms with van der Waals surface area (Å²) >= 11 is 0. The Balaban J connectivity index is 0. The molecule has 0 aromatic heterocycles. The maximum Gasteiger partial charge on any atom is 0.333 e. The molecule has 0 aliphatic heterocycles. The van der Waals surface area contributed by atoms with Crippen LogP contribution in [0, 0.1) is 0 Å². The SMILES string of the molecule is CCNS(=O)(=O)O.Cl. The number of halogens is 1. The molecule has 8 heavy (non-hydrogen) atoms. The molecule has 0 radical (unpaired) electrons. The molecule has 0 aromatic carbocycles. The summed E-state index contributed by atoms with van der Waals surface area (Å²) in [6.07, 6.45) is 0. The van der Waals surface area contributed by atoms with Crippen LogP contribution in [0.3, 0.4) is 0 Å². The number of hydrogen-bond donors (Lipinski definition) is 2. The second kappa shape index (κ2) is 4.08. The Labute approximate surface area is 54.6 Å². The van der Waals surface area contributed by atoms with E-state index in [0.29, 0.717) is 0 Å². The van der Waals surface area contributed by atoms with E-state index in [-0.39, 0.29) is 19.0 Å². The predicted octanol–water partition coefficient (Wildman–Crippen LogP) is -0.179. The molecule has 6 heteroatoms. The van der Waals surface area contributed by atoms with E-state index in [1.54, 1.807) is 6.92 Å². The van der Waals surface area contributed by atoms with E-state index in [2.05, 4.69) is 0 Å². The zero-order valence-electron chi connectivity index (χ0n) is 4.29. The minimum atomic E-state index is -3.92.